The van der Waals surface area contributed by atoms with E-state index in [4.69, 9.17) is 0 Å². The standard InChI is InChI=1S/C21H21OP/c22-17-10-18-23(19-11-4-1-5-12-19,20-13-6-2-7-14-20)21-15-8-3-9-16-21/h1-9,11-16,18,22H,10,17H2. The largest absolute Gasteiger partial charge is 0.396 e. The van der Waals surface area contributed by atoms with Gasteiger partial charge in [-0.3, -0.25) is 0 Å². The van der Waals surface area contributed by atoms with E-state index in [2.05, 4.69) is 96.8 Å². The maximum absolute atomic E-state index is 9.46. The van der Waals surface area contributed by atoms with Gasteiger partial charge in [0.1, 0.15) is 0 Å². The quantitative estimate of drug-likeness (QED) is 0.716. The molecule has 2 heteroatoms. The van der Waals surface area contributed by atoms with Crippen LogP contribution in [0.25, 0.3) is 0 Å². The van der Waals surface area contributed by atoms with Crippen LogP contribution in [-0.2, 0) is 0 Å². The first kappa shape index (κ1) is 15.8. The molecule has 0 saturated heterocycles. The predicted molar refractivity (Wildman–Crippen MR) is 103 cm³/mol. The van der Waals surface area contributed by atoms with Crippen LogP contribution in [0.1, 0.15) is 6.42 Å². The SMILES string of the molecule is OCCC=P(c1ccccc1)(c1ccccc1)c1ccccc1. The van der Waals surface area contributed by atoms with E-state index in [1.807, 2.05) is 0 Å². The van der Waals surface area contributed by atoms with Crippen molar-refractivity contribution in [2.24, 2.45) is 0 Å². The van der Waals surface area contributed by atoms with Crippen LogP contribution in [0, 0.1) is 0 Å². The fraction of sp³-hybridized carbons (Fsp3) is 0.0952. The lowest BCUT2D eigenvalue weighted by atomic mass is 10.4. The molecule has 0 atom stereocenters. The first-order valence-electron chi connectivity index (χ1n) is 7.89. The molecule has 0 heterocycles. The summed E-state index contributed by atoms with van der Waals surface area (Å²) in [4.78, 5) is 0. The lowest BCUT2D eigenvalue weighted by molar-refractivity contribution is 0.308. The van der Waals surface area contributed by atoms with E-state index in [0.717, 1.165) is 0 Å². The van der Waals surface area contributed by atoms with Gasteiger partial charge in [0.2, 0.25) is 0 Å². The maximum atomic E-state index is 9.46. The molecule has 0 aliphatic heterocycles. The summed E-state index contributed by atoms with van der Waals surface area (Å²) in [5.41, 5.74) is 0. The summed E-state index contributed by atoms with van der Waals surface area (Å²) in [6, 6.07) is 32.0. The minimum atomic E-state index is -1.85. The van der Waals surface area contributed by atoms with Gasteiger partial charge in [-0.05, 0) is 29.2 Å². The van der Waals surface area contributed by atoms with E-state index in [0.29, 0.717) is 6.42 Å². The third-order valence-corrected chi connectivity index (χ3v) is 8.17. The van der Waals surface area contributed by atoms with Crippen LogP contribution in [0.2, 0.25) is 0 Å². The van der Waals surface area contributed by atoms with Crippen molar-refractivity contribution in [1.29, 1.82) is 0 Å². The second kappa shape index (κ2) is 7.46. The minimum Gasteiger partial charge on any atom is -0.396 e. The Balaban J connectivity index is 2.36. The van der Waals surface area contributed by atoms with Crippen LogP contribution < -0.4 is 15.9 Å². The van der Waals surface area contributed by atoms with Crippen LogP contribution in [0.4, 0.5) is 0 Å². The monoisotopic (exact) mass is 320 g/mol. The third-order valence-electron chi connectivity index (χ3n) is 4.02. The number of hydrogen-bond donors (Lipinski definition) is 1. The molecule has 1 nitrogen and oxygen atoms in total. The molecule has 0 aliphatic rings. The lowest BCUT2D eigenvalue weighted by Crippen LogP contribution is -2.27. The molecule has 0 spiro atoms. The third kappa shape index (κ3) is 3.17. The Labute approximate surface area is 138 Å². The first-order valence-corrected chi connectivity index (χ1v) is 9.74. The molecule has 0 bridgehead atoms. The molecule has 3 aromatic carbocycles. The molecule has 3 rings (SSSR count). The van der Waals surface area contributed by atoms with Crippen molar-refractivity contribution >= 4 is 28.6 Å². The molecule has 0 unspecified atom stereocenters. The van der Waals surface area contributed by atoms with Gasteiger partial charge in [0.05, 0.1) is 0 Å². The van der Waals surface area contributed by atoms with Crippen LogP contribution in [0.5, 0.6) is 0 Å². The zero-order valence-corrected chi connectivity index (χ0v) is 13.9. The number of benzene rings is 3. The van der Waals surface area contributed by atoms with E-state index >= 15 is 0 Å². The topological polar surface area (TPSA) is 20.2 Å². The predicted octanol–water partition coefficient (Wildman–Crippen LogP) is 3.17. The van der Waals surface area contributed by atoms with Crippen LogP contribution in [0.3, 0.4) is 0 Å². The van der Waals surface area contributed by atoms with E-state index in [1.54, 1.807) is 0 Å². The summed E-state index contributed by atoms with van der Waals surface area (Å²) in [6.45, 7) is -1.68. The zero-order chi connectivity index (χ0) is 16.0. The second-order valence-corrected chi connectivity index (χ2v) is 8.78. The summed E-state index contributed by atoms with van der Waals surface area (Å²) >= 11 is 0. The van der Waals surface area contributed by atoms with Gasteiger partial charge in [0, 0.05) is 6.61 Å². The molecule has 0 aromatic heterocycles. The first-order chi connectivity index (χ1) is 11.4. The summed E-state index contributed by atoms with van der Waals surface area (Å²) in [6.07, 6.45) is 0.687. The van der Waals surface area contributed by atoms with Gasteiger partial charge in [-0.25, -0.2) is 0 Å². The van der Waals surface area contributed by atoms with Crippen molar-refractivity contribution in [3.63, 3.8) is 0 Å². The molecule has 0 aliphatic carbocycles. The van der Waals surface area contributed by atoms with Gasteiger partial charge in [0.25, 0.3) is 0 Å². The average molecular weight is 320 g/mol. The van der Waals surface area contributed by atoms with Crippen molar-refractivity contribution in [1.82, 2.24) is 0 Å². The van der Waals surface area contributed by atoms with Crippen LogP contribution in [0.15, 0.2) is 91.0 Å². The Hall–Kier alpha value is -2.08. The molecule has 1 N–H and O–H groups in total. The van der Waals surface area contributed by atoms with Gasteiger partial charge in [0.15, 0.2) is 0 Å². The second-order valence-electron chi connectivity index (χ2n) is 5.42. The molecule has 0 saturated carbocycles. The van der Waals surface area contributed by atoms with Gasteiger partial charge in [-0.2, -0.15) is 0 Å². The molecule has 3 aromatic rings. The van der Waals surface area contributed by atoms with E-state index in [-0.39, 0.29) is 6.61 Å². The smallest absolute Gasteiger partial charge is 0.0466 e. The van der Waals surface area contributed by atoms with Crippen molar-refractivity contribution in [2.45, 2.75) is 6.42 Å². The van der Waals surface area contributed by atoms with E-state index in [1.165, 1.54) is 15.9 Å². The summed E-state index contributed by atoms with van der Waals surface area (Å²) in [5, 5.41) is 13.4. The normalized spacial score (nSPS) is 11.2. The summed E-state index contributed by atoms with van der Waals surface area (Å²) in [5.74, 6) is 2.34. The number of aliphatic hydroxyl groups is 1. The van der Waals surface area contributed by atoms with Gasteiger partial charge in [-0.15, -0.1) is 0 Å². The number of rotatable bonds is 5. The molecule has 0 radical (unpaired) electrons. The lowest BCUT2D eigenvalue weighted by Gasteiger charge is -2.28. The Morgan fingerprint density at radius 2 is 0.957 bits per heavy atom. The van der Waals surface area contributed by atoms with Crippen molar-refractivity contribution in [3.05, 3.63) is 91.0 Å². The van der Waals surface area contributed by atoms with Crippen molar-refractivity contribution in [3.8, 4) is 0 Å². The highest BCUT2D eigenvalue weighted by Crippen LogP contribution is 2.43. The fourth-order valence-corrected chi connectivity index (χ4v) is 6.96. The van der Waals surface area contributed by atoms with Crippen LogP contribution in [-0.4, -0.2) is 17.5 Å². The molecular formula is C21H21OP. The molecule has 0 fully saturated rings. The Bertz CT molecular complexity index is 676. The fourth-order valence-electron chi connectivity index (χ4n) is 3.00. The van der Waals surface area contributed by atoms with Gasteiger partial charge < -0.3 is 5.11 Å². The summed E-state index contributed by atoms with van der Waals surface area (Å²) < 4.78 is 0. The zero-order valence-electron chi connectivity index (χ0n) is 13.0. The van der Waals surface area contributed by atoms with E-state index < -0.39 is 6.89 Å². The average Bonchev–Trinajstić information content (AvgIpc) is 2.65. The molecule has 0 amide bonds. The minimum absolute atomic E-state index is 0.175. The Morgan fingerprint density at radius 3 is 1.26 bits per heavy atom. The highest BCUT2D eigenvalue weighted by Gasteiger charge is 2.23. The molecular weight excluding hydrogens is 299 g/mol. The summed E-state index contributed by atoms with van der Waals surface area (Å²) in [7, 11) is 0. The molecule has 116 valence electrons. The number of aliphatic hydroxyl groups excluding tert-OH is 1. The van der Waals surface area contributed by atoms with Gasteiger partial charge >= 0.3 is 0 Å². The van der Waals surface area contributed by atoms with E-state index in [9.17, 15) is 5.11 Å². The Morgan fingerprint density at radius 1 is 0.609 bits per heavy atom. The van der Waals surface area contributed by atoms with Crippen LogP contribution >= 0.6 is 6.89 Å². The molecule has 23 heavy (non-hydrogen) atoms. The van der Waals surface area contributed by atoms with Crippen molar-refractivity contribution < 1.29 is 5.11 Å². The maximum Gasteiger partial charge on any atom is 0.0466 e. The highest BCUT2D eigenvalue weighted by atomic mass is 31.2. The Kier molecular flexibility index (Phi) is 5.12. The number of hydrogen-bond acceptors (Lipinski definition) is 1. The highest BCUT2D eigenvalue weighted by molar-refractivity contribution is 7.94. The van der Waals surface area contributed by atoms with Crippen molar-refractivity contribution in [2.75, 3.05) is 6.61 Å². The van der Waals surface area contributed by atoms with Gasteiger partial charge in [-0.1, -0.05) is 96.8 Å².